The summed E-state index contributed by atoms with van der Waals surface area (Å²) in [5.74, 6) is -2.13. The second-order valence-electron chi connectivity index (χ2n) is 7.88. The van der Waals surface area contributed by atoms with Crippen LogP contribution in [0.5, 0.6) is 11.6 Å². The number of fused-ring (bicyclic) bond motifs is 1. The molecule has 0 atom stereocenters. The minimum Gasteiger partial charge on any atom is -0.503 e. The molecule has 0 unspecified atom stereocenters. The highest BCUT2D eigenvalue weighted by molar-refractivity contribution is 7.90. The van der Waals surface area contributed by atoms with Crippen LogP contribution in [0.4, 0.5) is 4.39 Å². The van der Waals surface area contributed by atoms with Crippen molar-refractivity contribution in [3.8, 4) is 28.0 Å². The van der Waals surface area contributed by atoms with Crippen molar-refractivity contribution in [3.63, 3.8) is 0 Å². The van der Waals surface area contributed by atoms with Gasteiger partial charge >= 0.3 is 0 Å². The Kier molecular flexibility index (Phi) is 5.26. The molecule has 35 heavy (non-hydrogen) atoms. The number of ketones is 1. The van der Waals surface area contributed by atoms with Gasteiger partial charge in [0, 0.05) is 6.26 Å². The van der Waals surface area contributed by atoms with Gasteiger partial charge in [0.2, 0.25) is 11.7 Å². The zero-order valence-electron chi connectivity index (χ0n) is 18.3. The Hall–Kier alpha value is -3.96. The Morgan fingerprint density at radius 1 is 1.09 bits per heavy atom. The van der Waals surface area contributed by atoms with E-state index >= 15 is 0 Å². The highest BCUT2D eigenvalue weighted by Crippen LogP contribution is 2.45. The summed E-state index contributed by atoms with van der Waals surface area (Å²) in [7, 11) is -3.46. The number of furan rings is 1. The van der Waals surface area contributed by atoms with Crippen LogP contribution in [0.15, 0.2) is 63.9 Å². The van der Waals surface area contributed by atoms with E-state index in [0.717, 1.165) is 17.6 Å². The molecule has 178 valence electrons. The zero-order chi connectivity index (χ0) is 25.1. The molecule has 11 heteroatoms. The van der Waals surface area contributed by atoms with Crippen LogP contribution in [0.2, 0.25) is 0 Å². The van der Waals surface area contributed by atoms with Crippen LogP contribution >= 0.6 is 11.3 Å². The van der Waals surface area contributed by atoms with E-state index in [2.05, 4.69) is 4.98 Å². The third kappa shape index (κ3) is 3.88. The van der Waals surface area contributed by atoms with Crippen LogP contribution in [0.3, 0.4) is 0 Å². The van der Waals surface area contributed by atoms with Gasteiger partial charge in [0.05, 0.1) is 26.4 Å². The molecule has 5 rings (SSSR count). The van der Waals surface area contributed by atoms with Gasteiger partial charge in [0.15, 0.2) is 26.5 Å². The molecule has 0 bridgehead atoms. The van der Waals surface area contributed by atoms with Crippen molar-refractivity contribution in [1.82, 2.24) is 9.55 Å². The fourth-order valence-electron chi connectivity index (χ4n) is 3.73. The smallest absolute Gasteiger partial charge is 0.242 e. The summed E-state index contributed by atoms with van der Waals surface area (Å²) in [6.07, 6.45) is 1.09. The molecule has 0 saturated heterocycles. The van der Waals surface area contributed by atoms with Gasteiger partial charge in [0.25, 0.3) is 0 Å². The predicted octanol–water partition coefficient (Wildman–Crippen LogP) is 4.84. The molecule has 0 radical (unpaired) electrons. The highest BCUT2D eigenvalue weighted by atomic mass is 32.2. The maximum atomic E-state index is 13.7. The van der Waals surface area contributed by atoms with E-state index in [1.165, 1.54) is 53.1 Å². The first-order valence-electron chi connectivity index (χ1n) is 10.2. The summed E-state index contributed by atoms with van der Waals surface area (Å²) in [5.41, 5.74) is 0.593. The number of sulfone groups is 1. The second-order valence-corrected chi connectivity index (χ2v) is 10.9. The van der Waals surface area contributed by atoms with Crippen LogP contribution < -0.4 is 0 Å². The van der Waals surface area contributed by atoms with Crippen molar-refractivity contribution in [2.24, 2.45) is 0 Å². The molecule has 5 aromatic rings. The van der Waals surface area contributed by atoms with E-state index in [9.17, 15) is 27.8 Å². The van der Waals surface area contributed by atoms with E-state index < -0.39 is 33.1 Å². The van der Waals surface area contributed by atoms with Gasteiger partial charge in [-0.25, -0.2) is 17.8 Å². The molecule has 0 saturated carbocycles. The maximum absolute atomic E-state index is 13.7. The van der Waals surface area contributed by atoms with Crippen LogP contribution in [0, 0.1) is 12.7 Å². The molecule has 0 aliphatic carbocycles. The largest absolute Gasteiger partial charge is 0.503 e. The summed E-state index contributed by atoms with van der Waals surface area (Å²) in [6.45, 7) is 1.66. The lowest BCUT2D eigenvalue weighted by molar-refractivity contribution is 0.101. The summed E-state index contributed by atoms with van der Waals surface area (Å²) < 4.78 is 44.7. The standard InChI is InChI=1S/C24H17FN2O6S2/c1-12-3-10-17(33-12)21(28)19-20(13-4-6-14(25)7-5-13)27(23(30)22(19)29)24-26-16-9-8-15(35(2,31)32)11-18(16)34-24/h3-11,29-30H,1-2H3. The predicted molar refractivity (Wildman–Crippen MR) is 128 cm³/mol. The summed E-state index contributed by atoms with van der Waals surface area (Å²) in [5, 5.41) is 21.9. The Morgan fingerprint density at radius 2 is 1.80 bits per heavy atom. The van der Waals surface area contributed by atoms with E-state index in [0.29, 0.717) is 21.5 Å². The Labute approximate surface area is 202 Å². The van der Waals surface area contributed by atoms with Gasteiger partial charge in [-0.15, -0.1) is 0 Å². The minimum absolute atomic E-state index is 0.0552. The van der Waals surface area contributed by atoms with Crippen molar-refractivity contribution in [1.29, 1.82) is 0 Å². The number of halogens is 1. The van der Waals surface area contributed by atoms with Gasteiger partial charge in [-0.05, 0) is 67.1 Å². The number of thiazole rings is 1. The van der Waals surface area contributed by atoms with Gasteiger partial charge in [-0.3, -0.25) is 9.36 Å². The fraction of sp³-hybridized carbons (Fsp3) is 0.0833. The lowest BCUT2D eigenvalue weighted by atomic mass is 10.0. The van der Waals surface area contributed by atoms with E-state index in [4.69, 9.17) is 4.42 Å². The van der Waals surface area contributed by atoms with Gasteiger partial charge in [-0.1, -0.05) is 11.3 Å². The first-order valence-corrected chi connectivity index (χ1v) is 12.9. The molecule has 0 fully saturated rings. The second kappa shape index (κ2) is 8.07. The quantitative estimate of drug-likeness (QED) is 0.323. The van der Waals surface area contributed by atoms with E-state index in [-0.39, 0.29) is 27.0 Å². The number of rotatable bonds is 5. The zero-order valence-corrected chi connectivity index (χ0v) is 19.9. The molecule has 8 nitrogen and oxygen atoms in total. The van der Waals surface area contributed by atoms with Crippen molar-refractivity contribution >= 4 is 37.2 Å². The Morgan fingerprint density at radius 3 is 2.43 bits per heavy atom. The maximum Gasteiger partial charge on any atom is 0.242 e. The van der Waals surface area contributed by atoms with Crippen molar-refractivity contribution < 1.29 is 32.2 Å². The van der Waals surface area contributed by atoms with Crippen molar-refractivity contribution in [2.75, 3.05) is 6.26 Å². The third-order valence-electron chi connectivity index (χ3n) is 5.40. The molecule has 2 aromatic carbocycles. The highest BCUT2D eigenvalue weighted by Gasteiger charge is 2.32. The average molecular weight is 513 g/mol. The molecule has 0 amide bonds. The number of aryl methyl sites for hydroxylation is 1. The molecule has 0 aliphatic heterocycles. The lowest BCUT2D eigenvalue weighted by Gasteiger charge is -2.09. The number of nitrogens with zero attached hydrogens (tertiary/aromatic N) is 2. The van der Waals surface area contributed by atoms with Crippen LogP contribution in [0.1, 0.15) is 21.9 Å². The van der Waals surface area contributed by atoms with Gasteiger partial charge < -0.3 is 14.6 Å². The summed E-state index contributed by atoms with van der Waals surface area (Å²) >= 11 is 1.05. The first-order chi connectivity index (χ1) is 16.5. The number of hydrogen-bond donors (Lipinski definition) is 2. The number of aromatic hydroxyl groups is 2. The van der Waals surface area contributed by atoms with Crippen molar-refractivity contribution in [3.05, 3.63) is 77.5 Å². The van der Waals surface area contributed by atoms with E-state index in [1.807, 2.05) is 0 Å². The van der Waals surface area contributed by atoms with Crippen molar-refractivity contribution in [2.45, 2.75) is 11.8 Å². The topological polar surface area (TPSA) is 123 Å². The number of benzene rings is 2. The summed E-state index contributed by atoms with van der Waals surface area (Å²) in [6, 6.07) is 12.6. The van der Waals surface area contributed by atoms with E-state index in [1.54, 1.807) is 13.0 Å². The van der Waals surface area contributed by atoms with Gasteiger partial charge in [-0.2, -0.15) is 0 Å². The molecule has 3 aromatic heterocycles. The van der Waals surface area contributed by atoms with Gasteiger partial charge in [0.1, 0.15) is 11.6 Å². The lowest BCUT2D eigenvalue weighted by Crippen LogP contribution is -2.04. The fourth-order valence-corrected chi connectivity index (χ4v) is 5.46. The molecule has 0 aliphatic rings. The number of aromatic nitrogens is 2. The van der Waals surface area contributed by atoms with Crippen LogP contribution in [-0.4, -0.2) is 40.2 Å². The average Bonchev–Trinajstić information content (AvgIpc) is 3.49. The summed E-state index contributed by atoms with van der Waals surface area (Å²) in [4.78, 5) is 17.9. The number of hydrogen-bond acceptors (Lipinski definition) is 8. The van der Waals surface area contributed by atoms with Crippen LogP contribution in [0.25, 0.3) is 26.6 Å². The Bertz CT molecular complexity index is 1730. The SMILES string of the molecule is Cc1ccc(C(=O)c2c(O)c(O)n(-c3nc4ccc(S(C)(=O)=O)cc4s3)c2-c2ccc(F)cc2)o1. The molecule has 2 N–H and O–H groups in total. The third-order valence-corrected chi connectivity index (χ3v) is 7.51. The monoisotopic (exact) mass is 512 g/mol. The number of carbonyl (C=O) groups is 1. The normalized spacial score (nSPS) is 11.9. The molecule has 3 heterocycles. The molecule has 0 spiro atoms. The number of carbonyl (C=O) groups excluding carboxylic acids is 1. The molecular formula is C24H17FN2O6S2. The minimum atomic E-state index is -3.46. The van der Waals surface area contributed by atoms with Crippen LogP contribution in [-0.2, 0) is 9.84 Å². The Balaban J connectivity index is 1.79. The first kappa shape index (κ1) is 22.8. The molecular weight excluding hydrogens is 495 g/mol.